The van der Waals surface area contributed by atoms with Crippen LogP contribution >= 0.6 is 0 Å². The zero-order valence-corrected chi connectivity index (χ0v) is 15.0. The fourth-order valence-corrected chi connectivity index (χ4v) is 4.97. The molecular weight excluding hydrogens is 368 g/mol. The van der Waals surface area contributed by atoms with Gasteiger partial charge in [-0.15, -0.1) is 13.2 Å². The van der Waals surface area contributed by atoms with Gasteiger partial charge in [0.15, 0.2) is 5.78 Å². The first kappa shape index (κ1) is 21.0. The molecule has 0 aliphatic carbocycles. The smallest absolute Gasteiger partial charge is 0.295 e. The van der Waals surface area contributed by atoms with Crippen LogP contribution in [0.2, 0.25) is 0 Å². The number of fused-ring (bicyclic) bond motifs is 1. The number of Topliss-reactive ketones (excluding diaryl/α,β-unsaturated/α-hetero) is 1. The first-order chi connectivity index (χ1) is 11.5. The Hall–Kier alpha value is -2.07. The molecule has 2 aromatic carbocycles. The summed E-state index contributed by atoms with van der Waals surface area (Å²) in [5, 5.41) is 1.20. The highest BCUT2D eigenvalue weighted by Gasteiger charge is 2.59. The van der Waals surface area contributed by atoms with E-state index in [0.717, 1.165) is 0 Å². The maximum Gasteiger partial charge on any atom is 0.295 e. The van der Waals surface area contributed by atoms with Gasteiger partial charge in [0.1, 0.15) is 0 Å². The van der Waals surface area contributed by atoms with E-state index >= 15 is 0 Å². The van der Waals surface area contributed by atoms with Crippen LogP contribution in [0.4, 0.5) is 0 Å². The Morgan fingerprint density at radius 1 is 0.960 bits per heavy atom. The largest absolute Gasteiger partial charge is 0.297 e. The van der Waals surface area contributed by atoms with Gasteiger partial charge in [0, 0.05) is 6.42 Å². The van der Waals surface area contributed by atoms with Gasteiger partial charge in [0.25, 0.3) is 24.3 Å². The molecule has 0 bridgehead atoms. The first-order valence-corrected chi connectivity index (χ1v) is 9.80. The highest BCUT2D eigenvalue weighted by atomic mass is 32.3. The number of carbonyl (C=O) groups excluding carboxylic acids is 1. The number of benzene rings is 2. The van der Waals surface area contributed by atoms with Gasteiger partial charge in [0.05, 0.1) is 0 Å². The zero-order chi connectivity index (χ0) is 19.5. The summed E-state index contributed by atoms with van der Waals surface area (Å²) in [6.07, 6.45) is -0.901. The molecule has 0 fully saturated rings. The second-order valence-electron chi connectivity index (χ2n) is 5.07. The quantitative estimate of drug-likeness (QED) is 0.596. The molecule has 0 atom stereocenters. The topological polar surface area (TPSA) is 126 Å². The average molecular weight is 386 g/mol. The molecule has 0 unspecified atom stereocenters. The molecule has 0 saturated heterocycles. The molecule has 0 heterocycles. The van der Waals surface area contributed by atoms with Crippen LogP contribution < -0.4 is 0 Å². The molecule has 25 heavy (non-hydrogen) atoms. The summed E-state index contributed by atoms with van der Waals surface area (Å²) >= 11 is 0. The van der Waals surface area contributed by atoms with Gasteiger partial charge in [-0.25, -0.2) is 0 Å². The summed E-state index contributed by atoms with van der Waals surface area (Å²) in [5.74, 6) is -1.39. The van der Waals surface area contributed by atoms with Crippen LogP contribution in [0.5, 0.6) is 0 Å². The molecule has 0 aromatic heterocycles. The van der Waals surface area contributed by atoms with Crippen LogP contribution in [0.15, 0.2) is 55.6 Å². The fourth-order valence-electron chi connectivity index (χ4n) is 2.50. The molecule has 136 valence electrons. The van der Waals surface area contributed by atoms with Crippen molar-refractivity contribution in [3.8, 4) is 0 Å². The number of carbonyl (C=O) groups is 1. The molecule has 0 aliphatic heterocycles. The van der Waals surface area contributed by atoms with Crippen LogP contribution in [-0.4, -0.2) is 35.8 Å². The van der Waals surface area contributed by atoms with Gasteiger partial charge in [-0.05, 0) is 23.3 Å². The Labute approximate surface area is 146 Å². The Bertz CT molecular complexity index is 955. The van der Waals surface area contributed by atoms with E-state index in [1.165, 1.54) is 6.07 Å². The minimum Gasteiger partial charge on any atom is -0.297 e. The predicted octanol–water partition coefficient (Wildman–Crippen LogP) is 2.25. The molecular formula is C16H18O7S2. The standard InChI is InChI=1S/C14H14O7S2.C2H4/c1-10(15)14(22(16,17)18,23(19,20)21)9-12-7-4-6-11-5-2-3-8-13(11)12;1-2/h2-8H,9H2,1H3,(H,16,17,18)(H,19,20,21);1-2H2. The van der Waals surface area contributed by atoms with Crippen LogP contribution in [-0.2, 0) is 31.5 Å². The molecule has 0 aliphatic rings. The van der Waals surface area contributed by atoms with Gasteiger partial charge in [-0.2, -0.15) is 16.8 Å². The Morgan fingerprint density at radius 2 is 1.44 bits per heavy atom. The number of hydrogen-bond acceptors (Lipinski definition) is 5. The molecule has 0 amide bonds. The SMILES string of the molecule is C=C.CC(=O)C(Cc1cccc2ccccc12)(S(=O)(=O)O)S(=O)(=O)O. The highest BCUT2D eigenvalue weighted by Crippen LogP contribution is 2.32. The fraction of sp³-hybridized carbons (Fsp3) is 0.188. The monoisotopic (exact) mass is 386 g/mol. The van der Waals surface area contributed by atoms with Gasteiger partial charge >= 0.3 is 0 Å². The average Bonchev–Trinajstić information content (AvgIpc) is 2.51. The van der Waals surface area contributed by atoms with Crippen molar-refractivity contribution in [1.29, 1.82) is 0 Å². The third kappa shape index (κ3) is 3.79. The van der Waals surface area contributed by atoms with Gasteiger partial charge < -0.3 is 0 Å². The molecule has 0 spiro atoms. The first-order valence-electron chi connectivity index (χ1n) is 6.92. The van der Waals surface area contributed by atoms with Crippen molar-refractivity contribution < 1.29 is 30.7 Å². The highest BCUT2D eigenvalue weighted by molar-refractivity contribution is 8.06. The van der Waals surface area contributed by atoms with Crippen LogP contribution in [0.3, 0.4) is 0 Å². The zero-order valence-electron chi connectivity index (χ0n) is 13.4. The summed E-state index contributed by atoms with van der Waals surface area (Å²) in [6, 6.07) is 11.4. The van der Waals surface area contributed by atoms with Crippen molar-refractivity contribution >= 4 is 36.8 Å². The third-order valence-corrected chi connectivity index (χ3v) is 7.47. The van der Waals surface area contributed by atoms with E-state index in [4.69, 9.17) is 0 Å². The van der Waals surface area contributed by atoms with E-state index < -0.39 is 36.5 Å². The Morgan fingerprint density at radius 3 is 1.92 bits per heavy atom. The summed E-state index contributed by atoms with van der Waals surface area (Å²) in [6.45, 7) is 6.69. The molecule has 7 nitrogen and oxygen atoms in total. The summed E-state index contributed by atoms with van der Waals surface area (Å²) in [4.78, 5) is 11.8. The summed E-state index contributed by atoms with van der Waals surface area (Å²) in [7, 11) is -10.9. The van der Waals surface area contributed by atoms with Crippen molar-refractivity contribution in [2.45, 2.75) is 17.4 Å². The minimum absolute atomic E-state index is 0.188. The molecule has 2 aromatic rings. The van der Waals surface area contributed by atoms with Gasteiger partial charge in [0.2, 0.25) is 0 Å². The van der Waals surface area contributed by atoms with E-state index in [1.54, 1.807) is 36.4 Å². The Kier molecular flexibility index (Phi) is 6.24. The predicted molar refractivity (Wildman–Crippen MR) is 95.4 cm³/mol. The van der Waals surface area contributed by atoms with Crippen molar-refractivity contribution in [2.75, 3.05) is 0 Å². The van der Waals surface area contributed by atoms with E-state index in [1.807, 2.05) is 0 Å². The summed E-state index contributed by atoms with van der Waals surface area (Å²) < 4.78 is 62.1. The van der Waals surface area contributed by atoms with Gasteiger partial charge in [-0.1, -0.05) is 42.5 Å². The lowest BCUT2D eigenvalue weighted by Gasteiger charge is -2.25. The molecule has 0 radical (unpaired) electrons. The maximum absolute atomic E-state index is 11.8. The third-order valence-electron chi connectivity index (χ3n) is 3.67. The molecule has 9 heteroatoms. The second kappa shape index (κ2) is 7.44. The van der Waals surface area contributed by atoms with E-state index in [9.17, 15) is 30.7 Å². The molecule has 0 saturated carbocycles. The van der Waals surface area contributed by atoms with E-state index in [-0.39, 0.29) is 5.56 Å². The van der Waals surface area contributed by atoms with Crippen molar-refractivity contribution in [3.05, 3.63) is 61.2 Å². The van der Waals surface area contributed by atoms with Crippen molar-refractivity contribution in [3.63, 3.8) is 0 Å². The maximum atomic E-state index is 11.8. The van der Waals surface area contributed by atoms with Crippen molar-refractivity contribution in [2.24, 2.45) is 0 Å². The molecule has 2 rings (SSSR count). The second-order valence-corrected chi connectivity index (χ2v) is 8.63. The molecule has 2 N–H and O–H groups in total. The number of hydrogen-bond donors (Lipinski definition) is 2. The summed E-state index contributed by atoms with van der Waals surface area (Å²) in [5.41, 5.74) is 0.188. The van der Waals surface area contributed by atoms with Crippen LogP contribution in [0.25, 0.3) is 10.8 Å². The lowest BCUT2D eigenvalue weighted by atomic mass is 9.99. The van der Waals surface area contributed by atoms with Crippen LogP contribution in [0, 0.1) is 0 Å². The number of rotatable bonds is 5. The van der Waals surface area contributed by atoms with E-state index in [0.29, 0.717) is 17.7 Å². The Balaban J connectivity index is 0.00000151. The van der Waals surface area contributed by atoms with Gasteiger partial charge in [-0.3, -0.25) is 13.9 Å². The lowest BCUT2D eigenvalue weighted by Crippen LogP contribution is -2.53. The van der Waals surface area contributed by atoms with E-state index in [2.05, 4.69) is 13.2 Å². The van der Waals surface area contributed by atoms with Crippen molar-refractivity contribution in [1.82, 2.24) is 0 Å². The number of ketones is 1. The lowest BCUT2D eigenvalue weighted by molar-refractivity contribution is -0.117. The van der Waals surface area contributed by atoms with Crippen LogP contribution in [0.1, 0.15) is 12.5 Å². The normalized spacial score (nSPS) is 12.3. The minimum atomic E-state index is -5.44.